The van der Waals surface area contributed by atoms with Gasteiger partial charge in [-0.3, -0.25) is 9.59 Å². The largest absolute Gasteiger partial charge is 0.481 e. The monoisotopic (exact) mass is 280 g/mol. The molecule has 2 rings (SSSR count). The van der Waals surface area contributed by atoms with Crippen molar-refractivity contribution >= 4 is 29.2 Å². The van der Waals surface area contributed by atoms with Crippen molar-refractivity contribution in [2.75, 3.05) is 0 Å². The maximum Gasteiger partial charge on any atom is 0.304 e. The number of hydrogen-bond donors (Lipinski definition) is 1. The summed E-state index contributed by atoms with van der Waals surface area (Å²) in [6.45, 7) is 1.92. The van der Waals surface area contributed by atoms with E-state index in [2.05, 4.69) is 5.10 Å². The molecule has 0 radical (unpaired) electrons. The fourth-order valence-electron chi connectivity index (χ4n) is 1.98. The van der Waals surface area contributed by atoms with E-state index in [4.69, 9.17) is 16.7 Å². The SMILES string of the molecule is CC1=NN(Cc2ccccc2Cl)C(=O)C1CC(=O)O. The van der Waals surface area contributed by atoms with Gasteiger partial charge in [0.05, 0.1) is 18.9 Å². The fraction of sp³-hybridized carbons (Fsp3) is 0.308. The first-order valence-corrected chi connectivity index (χ1v) is 6.18. The van der Waals surface area contributed by atoms with Crippen LogP contribution in [-0.4, -0.2) is 27.7 Å². The number of hydrazone groups is 1. The fourth-order valence-corrected chi connectivity index (χ4v) is 2.17. The van der Waals surface area contributed by atoms with Crippen LogP contribution in [0.4, 0.5) is 0 Å². The molecule has 1 aromatic carbocycles. The first-order chi connectivity index (χ1) is 8.99. The quantitative estimate of drug-likeness (QED) is 0.919. The maximum absolute atomic E-state index is 12.1. The van der Waals surface area contributed by atoms with E-state index in [1.807, 2.05) is 12.1 Å². The maximum atomic E-state index is 12.1. The molecular formula is C13H13ClN2O3. The minimum absolute atomic E-state index is 0.229. The Morgan fingerprint density at radius 1 is 1.47 bits per heavy atom. The van der Waals surface area contributed by atoms with Gasteiger partial charge in [-0.05, 0) is 18.6 Å². The van der Waals surface area contributed by atoms with Crippen LogP contribution in [0.25, 0.3) is 0 Å². The molecule has 1 unspecified atom stereocenters. The first kappa shape index (κ1) is 13.5. The Morgan fingerprint density at radius 2 is 2.16 bits per heavy atom. The molecule has 19 heavy (non-hydrogen) atoms. The van der Waals surface area contributed by atoms with E-state index in [9.17, 15) is 9.59 Å². The van der Waals surface area contributed by atoms with Crippen molar-refractivity contribution < 1.29 is 14.7 Å². The molecule has 1 atom stereocenters. The van der Waals surface area contributed by atoms with Gasteiger partial charge in [0.15, 0.2) is 0 Å². The van der Waals surface area contributed by atoms with E-state index in [-0.39, 0.29) is 18.9 Å². The molecule has 0 fully saturated rings. The van der Waals surface area contributed by atoms with Gasteiger partial charge in [-0.15, -0.1) is 0 Å². The smallest absolute Gasteiger partial charge is 0.304 e. The van der Waals surface area contributed by atoms with Crippen molar-refractivity contribution in [1.29, 1.82) is 0 Å². The number of nitrogens with zero attached hydrogens (tertiary/aromatic N) is 2. The van der Waals surface area contributed by atoms with Gasteiger partial charge in [0.1, 0.15) is 0 Å². The van der Waals surface area contributed by atoms with Gasteiger partial charge in [0.2, 0.25) is 0 Å². The molecule has 1 aromatic rings. The lowest BCUT2D eigenvalue weighted by atomic mass is 10.0. The molecule has 100 valence electrons. The summed E-state index contributed by atoms with van der Waals surface area (Å²) in [6, 6.07) is 7.18. The summed E-state index contributed by atoms with van der Waals surface area (Å²) in [5, 5.41) is 14.7. The van der Waals surface area contributed by atoms with Gasteiger partial charge >= 0.3 is 5.97 Å². The van der Waals surface area contributed by atoms with Gasteiger partial charge in [-0.1, -0.05) is 29.8 Å². The molecule has 1 amide bonds. The number of hydrogen-bond acceptors (Lipinski definition) is 3. The highest BCUT2D eigenvalue weighted by atomic mass is 35.5. The van der Waals surface area contributed by atoms with Gasteiger partial charge in [-0.2, -0.15) is 5.10 Å². The number of carbonyl (C=O) groups excluding carboxylic acids is 1. The van der Waals surface area contributed by atoms with Crippen LogP contribution in [0.1, 0.15) is 18.9 Å². The van der Waals surface area contributed by atoms with Crippen molar-refractivity contribution in [3.05, 3.63) is 34.9 Å². The third-order valence-corrected chi connectivity index (χ3v) is 3.36. The van der Waals surface area contributed by atoms with Gasteiger partial charge in [0, 0.05) is 10.7 Å². The average molecular weight is 281 g/mol. The Bertz CT molecular complexity index is 557. The third-order valence-electron chi connectivity index (χ3n) is 2.99. The molecule has 0 saturated heterocycles. The predicted octanol–water partition coefficient (Wildman–Crippen LogP) is 2.15. The minimum atomic E-state index is -1.01. The van der Waals surface area contributed by atoms with Crippen molar-refractivity contribution in [2.24, 2.45) is 11.0 Å². The Morgan fingerprint density at radius 3 is 2.79 bits per heavy atom. The number of aliphatic carboxylic acids is 1. The summed E-state index contributed by atoms with van der Waals surface area (Å²) in [5.74, 6) is -1.97. The molecule has 5 nitrogen and oxygen atoms in total. The Labute approximate surface area is 115 Å². The van der Waals surface area contributed by atoms with E-state index >= 15 is 0 Å². The van der Waals surface area contributed by atoms with Crippen LogP contribution in [0.2, 0.25) is 5.02 Å². The highest BCUT2D eigenvalue weighted by molar-refractivity contribution is 6.31. The summed E-state index contributed by atoms with van der Waals surface area (Å²) >= 11 is 6.03. The van der Waals surface area contributed by atoms with Gasteiger partial charge in [0.25, 0.3) is 5.91 Å². The highest BCUT2D eigenvalue weighted by Crippen LogP contribution is 2.23. The second kappa shape index (κ2) is 5.40. The van der Waals surface area contributed by atoms with E-state index < -0.39 is 11.9 Å². The van der Waals surface area contributed by atoms with Crippen molar-refractivity contribution in [2.45, 2.75) is 19.9 Å². The van der Waals surface area contributed by atoms with Crippen LogP contribution >= 0.6 is 11.6 Å². The highest BCUT2D eigenvalue weighted by Gasteiger charge is 2.35. The molecule has 1 N–H and O–H groups in total. The molecule has 0 aliphatic carbocycles. The normalized spacial score (nSPS) is 18.6. The predicted molar refractivity (Wildman–Crippen MR) is 70.9 cm³/mol. The van der Waals surface area contributed by atoms with Gasteiger partial charge in [-0.25, -0.2) is 5.01 Å². The summed E-state index contributed by atoms with van der Waals surface area (Å²) in [4.78, 5) is 22.8. The Hall–Kier alpha value is -1.88. The Kier molecular flexibility index (Phi) is 3.85. The van der Waals surface area contributed by atoms with Crippen LogP contribution in [0, 0.1) is 5.92 Å². The van der Waals surface area contributed by atoms with Crippen molar-refractivity contribution in [1.82, 2.24) is 5.01 Å². The summed E-state index contributed by atoms with van der Waals surface area (Å²) in [6.07, 6.45) is -0.229. The number of carbonyl (C=O) groups is 2. The van der Waals surface area contributed by atoms with E-state index in [1.54, 1.807) is 19.1 Å². The second-order valence-electron chi connectivity index (χ2n) is 4.38. The molecule has 1 aliphatic heterocycles. The zero-order valence-electron chi connectivity index (χ0n) is 10.3. The van der Waals surface area contributed by atoms with Crippen LogP contribution in [0.3, 0.4) is 0 Å². The lowest BCUT2D eigenvalue weighted by Crippen LogP contribution is -2.28. The number of amides is 1. The zero-order valence-corrected chi connectivity index (χ0v) is 11.1. The molecule has 0 aromatic heterocycles. The topological polar surface area (TPSA) is 70.0 Å². The van der Waals surface area contributed by atoms with Crippen LogP contribution in [-0.2, 0) is 16.1 Å². The lowest BCUT2D eigenvalue weighted by molar-refractivity contribution is -0.142. The van der Waals surface area contributed by atoms with Crippen LogP contribution < -0.4 is 0 Å². The zero-order chi connectivity index (χ0) is 14.0. The van der Waals surface area contributed by atoms with E-state index in [0.717, 1.165) is 5.56 Å². The van der Waals surface area contributed by atoms with Gasteiger partial charge < -0.3 is 5.11 Å². The molecule has 6 heteroatoms. The number of rotatable bonds is 4. The molecule has 0 bridgehead atoms. The molecule has 0 spiro atoms. The minimum Gasteiger partial charge on any atom is -0.481 e. The molecule has 1 heterocycles. The van der Waals surface area contributed by atoms with Crippen molar-refractivity contribution in [3.63, 3.8) is 0 Å². The van der Waals surface area contributed by atoms with Crippen LogP contribution in [0.5, 0.6) is 0 Å². The lowest BCUT2D eigenvalue weighted by Gasteiger charge is -2.14. The number of carboxylic acid groups (broad SMARTS) is 1. The molecule has 0 saturated carbocycles. The summed E-state index contributed by atoms with van der Waals surface area (Å²) < 4.78 is 0. The molecular weight excluding hydrogens is 268 g/mol. The third kappa shape index (κ3) is 2.93. The molecule has 1 aliphatic rings. The standard InChI is InChI=1S/C13H13ClN2O3/c1-8-10(6-12(17)18)13(19)16(15-8)7-9-4-2-3-5-11(9)14/h2-5,10H,6-7H2,1H3,(H,17,18). The van der Waals surface area contributed by atoms with Crippen molar-refractivity contribution in [3.8, 4) is 0 Å². The van der Waals surface area contributed by atoms with E-state index in [1.165, 1.54) is 5.01 Å². The number of halogens is 1. The van der Waals surface area contributed by atoms with Crippen LogP contribution in [0.15, 0.2) is 29.4 Å². The van der Waals surface area contributed by atoms with E-state index in [0.29, 0.717) is 10.7 Å². The average Bonchev–Trinajstić information content (AvgIpc) is 2.60. The Balaban J connectivity index is 2.14. The first-order valence-electron chi connectivity index (χ1n) is 5.80. The summed E-state index contributed by atoms with van der Waals surface area (Å²) in [7, 11) is 0. The summed E-state index contributed by atoms with van der Waals surface area (Å²) in [5.41, 5.74) is 1.31. The number of carboxylic acids is 1. The second-order valence-corrected chi connectivity index (χ2v) is 4.79. The number of benzene rings is 1.